The molecule has 2 aliphatic carbocycles. The molecule has 0 aromatic rings. The fraction of sp³-hybridized carbons (Fsp3) is 0.154. The van der Waals surface area contributed by atoms with Crippen LogP contribution in [0.4, 0.5) is 0 Å². The average molecular weight is 289 g/mol. The minimum Gasteiger partial charge on any atom is -0.274 e. The fourth-order valence-electron chi connectivity index (χ4n) is 0.736. The number of nitro groups is 1. The third-order valence-corrected chi connectivity index (χ3v) is 1.74. The van der Waals surface area contributed by atoms with Crippen LogP contribution in [0.25, 0.3) is 0 Å². The summed E-state index contributed by atoms with van der Waals surface area (Å²) in [6.45, 7) is 2.98. The maximum absolute atomic E-state index is 9.63. The van der Waals surface area contributed by atoms with E-state index in [4.69, 9.17) is 0 Å². The van der Waals surface area contributed by atoms with E-state index in [1.807, 2.05) is 64.2 Å². The summed E-state index contributed by atoms with van der Waals surface area (Å²) in [4.78, 5) is 9.63. The molecule has 2 fully saturated rings. The topological polar surface area (TPSA) is 46.4 Å². The second-order valence-electron chi connectivity index (χ2n) is 2.99. The monoisotopic (exact) mass is 289 g/mol. The molecule has 0 amide bonds. The predicted octanol–water partition coefficient (Wildman–Crippen LogP) is 2.33. The number of hydrogen-bond donors (Lipinski definition) is 0. The second-order valence-corrected chi connectivity index (χ2v) is 2.99. The van der Waals surface area contributed by atoms with Gasteiger partial charge in [-0.3, -0.25) is 5.01 Å². The van der Waals surface area contributed by atoms with Gasteiger partial charge in [-0.15, -0.1) is 0 Å². The summed E-state index contributed by atoms with van der Waals surface area (Å²) in [6.07, 6.45) is 20.0. The molecule has 0 aromatic heterocycles. The van der Waals surface area contributed by atoms with Gasteiger partial charge in [0.2, 0.25) is 0 Å². The fourth-order valence-corrected chi connectivity index (χ4v) is 0.736. The Bertz CT molecular complexity index is 159. The van der Waals surface area contributed by atoms with Gasteiger partial charge < -0.3 is 0 Å². The minimum atomic E-state index is -0.500. The molecule has 0 aliphatic heterocycles. The Kier molecular flexibility index (Phi) is 16.5. The molecule has 2 aliphatic rings. The van der Waals surface area contributed by atoms with Gasteiger partial charge >= 0.3 is 0 Å². The standard InChI is InChI=1S/2C5H5.C3H7N2O2.Fe/c2*1-2-4-5-3-1;1-3-4(2)5(6)7;/h2*1-5H;3H,1-2H3;/q;;-1;. The van der Waals surface area contributed by atoms with Crippen molar-refractivity contribution in [3.05, 3.63) is 80.9 Å². The second kappa shape index (κ2) is 14.8. The largest absolute Gasteiger partial charge is 0.274 e. The van der Waals surface area contributed by atoms with Crippen molar-refractivity contribution in [2.75, 3.05) is 7.05 Å². The van der Waals surface area contributed by atoms with Gasteiger partial charge in [-0.1, -0.05) is 0 Å². The van der Waals surface area contributed by atoms with Crippen molar-refractivity contribution in [1.82, 2.24) is 5.01 Å². The summed E-state index contributed by atoms with van der Waals surface area (Å²) >= 11 is 0. The van der Waals surface area contributed by atoms with Crippen molar-refractivity contribution in [1.29, 1.82) is 0 Å². The molecule has 0 atom stereocenters. The quantitative estimate of drug-likeness (QED) is 0.339. The molecule has 0 aromatic carbocycles. The molecule has 0 saturated heterocycles. The summed E-state index contributed by atoms with van der Waals surface area (Å²) in [6, 6.07) is 0. The Morgan fingerprint density at radius 2 is 1.11 bits per heavy atom. The SMILES string of the molecule is C[CH-]N(C)[N+](=O)[O-].[CH]1[CH][CH][CH][CH]1.[CH]1[CH][CH][CH][CH]1.[Fe]. The zero-order valence-corrected chi connectivity index (χ0v) is 11.5. The van der Waals surface area contributed by atoms with Gasteiger partial charge in [0, 0.05) is 24.1 Å². The Balaban J connectivity index is 0. The van der Waals surface area contributed by atoms with Gasteiger partial charge in [-0.2, -0.15) is 13.5 Å². The maximum atomic E-state index is 9.63. The van der Waals surface area contributed by atoms with E-state index in [9.17, 15) is 10.1 Å². The van der Waals surface area contributed by atoms with Gasteiger partial charge in [0.1, 0.15) is 5.03 Å². The first kappa shape index (κ1) is 20.0. The van der Waals surface area contributed by atoms with Crippen molar-refractivity contribution in [2.45, 2.75) is 6.92 Å². The van der Waals surface area contributed by atoms with Crippen molar-refractivity contribution < 1.29 is 22.1 Å². The third kappa shape index (κ3) is 13.8. The minimum absolute atomic E-state index is 0. The maximum Gasteiger partial charge on any atom is 0.129 e. The van der Waals surface area contributed by atoms with Gasteiger partial charge in [-0.25, -0.2) is 10.1 Å². The first-order chi connectivity index (χ1) is 8.18. The van der Waals surface area contributed by atoms with Crippen LogP contribution < -0.4 is 0 Å². The Hall–Kier alpha value is -0.281. The first-order valence-corrected chi connectivity index (χ1v) is 5.18. The molecule has 0 heterocycles. The molecule has 5 heteroatoms. The van der Waals surface area contributed by atoms with E-state index in [0.29, 0.717) is 0 Å². The molecule has 0 unspecified atom stereocenters. The van der Waals surface area contributed by atoms with Crippen LogP contribution in [0.1, 0.15) is 6.92 Å². The molecular weight excluding hydrogens is 272 g/mol. The first-order valence-electron chi connectivity index (χ1n) is 5.18. The number of hydrazine groups is 1. The predicted molar refractivity (Wildman–Crippen MR) is 67.7 cm³/mol. The molecule has 18 heavy (non-hydrogen) atoms. The van der Waals surface area contributed by atoms with Crippen LogP contribution in [-0.4, -0.2) is 17.1 Å². The molecule has 2 rings (SSSR count). The van der Waals surface area contributed by atoms with Crippen LogP contribution in [0.3, 0.4) is 0 Å². The third-order valence-electron chi connectivity index (χ3n) is 1.74. The van der Waals surface area contributed by atoms with Crippen LogP contribution in [0.15, 0.2) is 0 Å². The van der Waals surface area contributed by atoms with E-state index in [0.717, 1.165) is 5.01 Å². The number of hydrogen-bond acceptors (Lipinski definition) is 2. The summed E-state index contributed by atoms with van der Waals surface area (Å²) in [5.41, 5.74) is 0. The van der Waals surface area contributed by atoms with Crippen LogP contribution >= 0.6 is 0 Å². The van der Waals surface area contributed by atoms with Crippen molar-refractivity contribution in [2.24, 2.45) is 0 Å². The van der Waals surface area contributed by atoms with E-state index < -0.39 is 5.03 Å². The number of nitrogens with zero attached hydrogens (tertiary/aromatic N) is 2. The molecule has 0 bridgehead atoms. The van der Waals surface area contributed by atoms with Gasteiger partial charge in [0.05, 0.1) is 0 Å². The van der Waals surface area contributed by atoms with Crippen molar-refractivity contribution in [3.63, 3.8) is 0 Å². The molecule has 0 spiro atoms. The normalized spacial score (nSPS) is 16.6. The van der Waals surface area contributed by atoms with Gasteiger partial charge in [0.25, 0.3) is 0 Å². The molecule has 10 radical (unpaired) electrons. The van der Waals surface area contributed by atoms with Crippen LogP contribution in [0.2, 0.25) is 0 Å². The van der Waals surface area contributed by atoms with E-state index in [1.165, 1.54) is 13.6 Å². The molecular formula is C13H17FeN2O2-. The van der Waals surface area contributed by atoms with Crippen LogP contribution in [-0.2, 0) is 17.1 Å². The Labute approximate surface area is 122 Å². The van der Waals surface area contributed by atoms with E-state index in [1.54, 1.807) is 6.92 Å². The van der Waals surface area contributed by atoms with Crippen LogP contribution in [0, 0.1) is 80.9 Å². The van der Waals surface area contributed by atoms with E-state index >= 15 is 0 Å². The molecule has 4 nitrogen and oxygen atoms in total. The zero-order valence-electron chi connectivity index (χ0n) is 10.4. The number of rotatable bonds is 2. The summed E-state index contributed by atoms with van der Waals surface area (Å²) in [5, 5.41) is 10.0. The van der Waals surface area contributed by atoms with E-state index in [-0.39, 0.29) is 17.1 Å². The summed E-state index contributed by atoms with van der Waals surface area (Å²) in [7, 11) is 1.38. The van der Waals surface area contributed by atoms with Gasteiger partial charge in [-0.05, 0) is 64.2 Å². The molecule has 100 valence electrons. The average Bonchev–Trinajstić information content (AvgIpc) is 3.04. The Morgan fingerprint density at radius 1 is 0.889 bits per heavy atom. The molecule has 2 saturated carbocycles. The van der Waals surface area contributed by atoms with E-state index in [2.05, 4.69) is 0 Å². The van der Waals surface area contributed by atoms with Gasteiger partial charge in [0.15, 0.2) is 0 Å². The van der Waals surface area contributed by atoms with Crippen molar-refractivity contribution in [3.8, 4) is 0 Å². The smallest absolute Gasteiger partial charge is 0.129 e. The van der Waals surface area contributed by atoms with Crippen molar-refractivity contribution >= 4 is 0 Å². The Morgan fingerprint density at radius 3 is 1.17 bits per heavy atom. The molecule has 0 N–H and O–H groups in total. The summed E-state index contributed by atoms with van der Waals surface area (Å²) < 4.78 is 0. The summed E-state index contributed by atoms with van der Waals surface area (Å²) in [5.74, 6) is 0. The zero-order chi connectivity index (χ0) is 12.9. The van der Waals surface area contributed by atoms with Crippen LogP contribution in [0.5, 0.6) is 0 Å².